The van der Waals surface area contributed by atoms with Crippen LogP contribution in [0.25, 0.3) is 32.9 Å². The highest BCUT2D eigenvalue weighted by Gasteiger charge is 2.50. The molecule has 3 saturated heterocycles. The fourth-order valence-corrected chi connectivity index (χ4v) is 8.86. The monoisotopic (exact) mass is 783 g/mol. The molecule has 4 fully saturated rings. The van der Waals surface area contributed by atoms with Gasteiger partial charge in [0.1, 0.15) is 34.0 Å². The fraction of sp³-hybridized carbons (Fsp3) is 0.595. The first-order chi connectivity index (χ1) is 27.3. The number of aliphatic hydroxyl groups excluding tert-OH is 2. The largest absolute Gasteiger partial charge is 0.508 e. The quantitative estimate of drug-likeness (QED) is 0.180. The number of nitrogens with zero attached hydrogens (tertiary/aromatic N) is 5. The number of rotatable bonds is 7. The molecule has 0 spiro atoms. The number of phenols is 1. The molecular weight excluding hydrogens is 724 g/mol. The number of pyridine rings is 1. The summed E-state index contributed by atoms with van der Waals surface area (Å²) in [6.07, 6.45) is 6.59. The van der Waals surface area contributed by atoms with Crippen LogP contribution < -0.4 is 14.4 Å². The van der Waals surface area contributed by atoms with E-state index in [9.17, 15) is 10.2 Å². The predicted molar refractivity (Wildman–Crippen MR) is 214 cm³/mol. The average Bonchev–Trinajstić information content (AvgIpc) is 3.56. The number of aromatic nitrogens is 3. The maximum absolute atomic E-state index is 17.0. The van der Waals surface area contributed by atoms with E-state index in [4.69, 9.17) is 29.0 Å². The number of ether oxygens (including phenoxy) is 4. The fourth-order valence-electron chi connectivity index (χ4n) is 8.86. The van der Waals surface area contributed by atoms with Crippen molar-refractivity contribution in [1.82, 2.24) is 19.9 Å². The number of phenolic OH excluding ortho intramolecular Hbond substituents is 1. The molecule has 0 bridgehead atoms. The Morgan fingerprint density at radius 1 is 0.911 bits per heavy atom. The first-order valence-electron chi connectivity index (χ1n) is 20.1. The number of fused-ring (bicyclic) bond motifs is 3. The molecule has 1 saturated carbocycles. The van der Waals surface area contributed by atoms with Gasteiger partial charge in [0.2, 0.25) is 5.88 Å². The van der Waals surface area contributed by atoms with Crippen molar-refractivity contribution >= 4 is 27.5 Å². The number of aromatic hydroxyl groups is 1. The van der Waals surface area contributed by atoms with Crippen LogP contribution in [0.1, 0.15) is 72.6 Å². The topological polar surface area (TPSA) is 143 Å². The van der Waals surface area contributed by atoms with Crippen molar-refractivity contribution in [3.8, 4) is 28.9 Å². The number of β-amino-alcohol motifs (C(OH)–C–C–N with tert-alkyl or cyclic N) is 1. The second-order valence-electron chi connectivity index (χ2n) is 14.1. The van der Waals surface area contributed by atoms with Crippen molar-refractivity contribution in [1.29, 1.82) is 0 Å². The normalized spacial score (nSPS) is 22.8. The second kappa shape index (κ2) is 20.0. The molecule has 308 valence electrons. The van der Waals surface area contributed by atoms with E-state index in [0.717, 1.165) is 71.8 Å². The van der Waals surface area contributed by atoms with Gasteiger partial charge in [-0.1, -0.05) is 46.2 Å². The Balaban J connectivity index is 0.000000956. The lowest BCUT2D eigenvalue weighted by Crippen LogP contribution is -2.56. The third kappa shape index (κ3) is 8.79. The van der Waals surface area contributed by atoms with Crippen LogP contribution in [0.15, 0.2) is 30.3 Å². The minimum atomic E-state index is -0.837. The van der Waals surface area contributed by atoms with Crippen molar-refractivity contribution in [2.45, 2.75) is 90.8 Å². The molecule has 2 aromatic carbocycles. The van der Waals surface area contributed by atoms with Gasteiger partial charge in [-0.15, -0.1) is 0 Å². The van der Waals surface area contributed by atoms with Gasteiger partial charge in [-0.3, -0.25) is 4.90 Å². The summed E-state index contributed by atoms with van der Waals surface area (Å²) in [6.45, 7) is 12.0. The van der Waals surface area contributed by atoms with Gasteiger partial charge in [-0.05, 0) is 68.7 Å². The Morgan fingerprint density at radius 3 is 2.41 bits per heavy atom. The molecule has 3 atom stereocenters. The summed E-state index contributed by atoms with van der Waals surface area (Å²) in [4.78, 5) is 18.5. The standard InChI is InChI=1S/C37H43F2N5O6.2C2H6.CH4O/c1-47-35-30-33(31(39)32(40-35)26-18-24(45)17-22-5-2-6-27(38)29(22)26)41-36(42-34(30)43-13-16-49-20-25(46)19-43)50-21-37-10-3-7-28(37)44(12-4-11-37)23-8-14-48-15-9-23;3*1-2/h2,5-6,17-18,23,25,28,45-46H,3-4,7-16,19-21H2,1H3;2*1-2H3;2H,1H3. The summed E-state index contributed by atoms with van der Waals surface area (Å²) in [6, 6.07) is 8.02. The maximum atomic E-state index is 17.0. The number of hydrogen-bond acceptors (Lipinski definition) is 12. The molecule has 5 heterocycles. The minimum absolute atomic E-state index is 0.000389. The number of halogens is 2. The number of likely N-dealkylation sites (tertiary alicyclic amines) is 1. The van der Waals surface area contributed by atoms with Crippen LogP contribution >= 0.6 is 0 Å². The third-order valence-electron chi connectivity index (χ3n) is 11.1. The zero-order valence-electron chi connectivity index (χ0n) is 33.7. The molecule has 0 radical (unpaired) electrons. The number of benzene rings is 2. The SMILES string of the molecule is CC.CC.CO.COc1nc(-c2cc(O)cc3cccc(F)c23)c(F)c2nc(OCC34CCCC3N(C3CCOCC3)CCC4)nc(N3CCOCC(O)C3)c12. The zero-order valence-corrected chi connectivity index (χ0v) is 33.7. The molecule has 4 aromatic rings. The van der Waals surface area contributed by atoms with Gasteiger partial charge < -0.3 is 39.2 Å². The number of aliphatic hydroxyl groups is 2. The van der Waals surface area contributed by atoms with Crippen molar-refractivity contribution in [3.05, 3.63) is 42.0 Å². The van der Waals surface area contributed by atoms with Crippen LogP contribution in [0, 0.1) is 17.0 Å². The van der Waals surface area contributed by atoms with Crippen LogP contribution in [0.3, 0.4) is 0 Å². The van der Waals surface area contributed by atoms with E-state index < -0.39 is 17.7 Å². The van der Waals surface area contributed by atoms with Crippen LogP contribution in [-0.2, 0) is 9.47 Å². The molecule has 3 aliphatic heterocycles. The highest BCUT2D eigenvalue weighted by molar-refractivity contribution is 6.02. The molecule has 2 aromatic heterocycles. The molecule has 8 rings (SSSR count). The lowest BCUT2D eigenvalue weighted by Gasteiger charge is -2.50. The first-order valence-corrected chi connectivity index (χ1v) is 20.1. The van der Waals surface area contributed by atoms with Crippen molar-refractivity contribution < 1.29 is 43.0 Å². The summed E-state index contributed by atoms with van der Waals surface area (Å²) in [5, 5.41) is 28.9. The van der Waals surface area contributed by atoms with Gasteiger partial charge >= 0.3 is 6.01 Å². The van der Waals surface area contributed by atoms with Crippen molar-refractivity contribution in [2.24, 2.45) is 5.41 Å². The van der Waals surface area contributed by atoms with E-state index >= 15 is 8.78 Å². The predicted octanol–water partition coefficient (Wildman–Crippen LogP) is 6.89. The van der Waals surface area contributed by atoms with E-state index in [0.29, 0.717) is 43.0 Å². The van der Waals surface area contributed by atoms with Gasteiger partial charge in [-0.2, -0.15) is 9.97 Å². The molecule has 56 heavy (non-hydrogen) atoms. The molecule has 0 amide bonds. The van der Waals surface area contributed by atoms with Crippen LogP contribution in [0.4, 0.5) is 14.6 Å². The summed E-state index contributed by atoms with van der Waals surface area (Å²) in [5.74, 6) is -1.28. The second-order valence-corrected chi connectivity index (χ2v) is 14.1. The number of methoxy groups -OCH3 is 1. The Morgan fingerprint density at radius 2 is 1.66 bits per heavy atom. The third-order valence-corrected chi connectivity index (χ3v) is 11.1. The highest BCUT2D eigenvalue weighted by Crippen LogP contribution is 2.49. The Bertz CT molecular complexity index is 1900. The van der Waals surface area contributed by atoms with Crippen LogP contribution in [0.2, 0.25) is 0 Å². The molecule has 4 aliphatic rings. The smallest absolute Gasteiger partial charge is 0.319 e. The van der Waals surface area contributed by atoms with E-state index in [1.54, 1.807) is 6.07 Å². The van der Waals surface area contributed by atoms with Crippen molar-refractivity contribution in [3.63, 3.8) is 0 Å². The Labute approximate surface area is 328 Å². The molecule has 1 aliphatic carbocycles. The van der Waals surface area contributed by atoms with E-state index in [1.807, 2.05) is 32.6 Å². The molecular formula is C42H59F2N5O7. The molecule has 14 heteroatoms. The van der Waals surface area contributed by atoms with Gasteiger partial charge in [0.05, 0.1) is 33.0 Å². The molecule has 3 unspecified atom stereocenters. The average molecular weight is 784 g/mol. The minimum Gasteiger partial charge on any atom is -0.508 e. The summed E-state index contributed by atoms with van der Waals surface area (Å²) in [7, 11) is 2.41. The van der Waals surface area contributed by atoms with Gasteiger partial charge in [-0.25, -0.2) is 13.8 Å². The van der Waals surface area contributed by atoms with E-state index in [-0.39, 0.29) is 63.8 Å². The van der Waals surface area contributed by atoms with Gasteiger partial charge in [0, 0.05) is 61.9 Å². The molecule has 3 N–H and O–H groups in total. The van der Waals surface area contributed by atoms with E-state index in [1.165, 1.54) is 31.4 Å². The van der Waals surface area contributed by atoms with Gasteiger partial charge in [0.25, 0.3) is 0 Å². The van der Waals surface area contributed by atoms with Gasteiger partial charge in [0.15, 0.2) is 5.82 Å². The summed E-state index contributed by atoms with van der Waals surface area (Å²) >= 11 is 0. The Kier molecular flexibility index (Phi) is 15.4. The summed E-state index contributed by atoms with van der Waals surface area (Å²) < 4.78 is 55.9. The van der Waals surface area contributed by atoms with Crippen LogP contribution in [-0.4, -0.2) is 120 Å². The number of hydrogen-bond donors (Lipinski definition) is 3. The first kappa shape index (κ1) is 43.2. The van der Waals surface area contributed by atoms with E-state index in [2.05, 4.69) is 14.9 Å². The lowest BCUT2D eigenvalue weighted by atomic mass is 9.74. The Hall–Kier alpha value is -3.95. The lowest BCUT2D eigenvalue weighted by molar-refractivity contribution is -0.0511. The summed E-state index contributed by atoms with van der Waals surface area (Å²) in [5.41, 5.74) is -0.379. The highest BCUT2D eigenvalue weighted by atomic mass is 19.1. The van der Waals surface area contributed by atoms with Crippen LogP contribution in [0.5, 0.6) is 17.6 Å². The number of piperidine rings is 1. The molecule has 12 nitrogen and oxygen atoms in total. The van der Waals surface area contributed by atoms with Crippen molar-refractivity contribution in [2.75, 3.05) is 71.8 Å². The maximum Gasteiger partial charge on any atom is 0.319 e. The number of anilines is 1. The zero-order chi connectivity index (χ0) is 40.4.